The summed E-state index contributed by atoms with van der Waals surface area (Å²) in [7, 11) is 0. The number of hydrogen-bond donors (Lipinski definition) is 3. The normalized spacial score (nSPS) is 22.5. The quantitative estimate of drug-likeness (QED) is 0.447. The minimum atomic E-state index is -0.487. The molecule has 0 radical (unpaired) electrons. The number of nitrogens with one attached hydrogen (secondary N) is 3. The van der Waals surface area contributed by atoms with Gasteiger partial charge in [-0.2, -0.15) is 0 Å². The second kappa shape index (κ2) is 9.65. The van der Waals surface area contributed by atoms with Crippen LogP contribution in [0.25, 0.3) is 0 Å². The molecule has 2 aromatic carbocycles. The highest BCUT2D eigenvalue weighted by atomic mass is 35.5. The Morgan fingerprint density at radius 2 is 2.00 bits per heavy atom. The highest BCUT2D eigenvalue weighted by Gasteiger charge is 2.47. The molecule has 10 heteroatoms. The van der Waals surface area contributed by atoms with E-state index in [1.807, 2.05) is 30.3 Å². The first-order chi connectivity index (χ1) is 17.6. The van der Waals surface area contributed by atoms with Crippen LogP contribution >= 0.6 is 23.4 Å². The molecule has 3 amide bonds. The van der Waals surface area contributed by atoms with Gasteiger partial charge in [0.05, 0.1) is 22.4 Å². The van der Waals surface area contributed by atoms with Gasteiger partial charge in [0.2, 0.25) is 5.91 Å². The van der Waals surface area contributed by atoms with Crippen molar-refractivity contribution in [2.24, 2.45) is 0 Å². The zero-order valence-corrected chi connectivity index (χ0v) is 20.8. The highest BCUT2D eigenvalue weighted by molar-refractivity contribution is 8.01. The van der Waals surface area contributed by atoms with Gasteiger partial charge in [0, 0.05) is 30.4 Å². The van der Waals surface area contributed by atoms with Crippen LogP contribution in [0.5, 0.6) is 11.5 Å². The van der Waals surface area contributed by atoms with Gasteiger partial charge in [0.25, 0.3) is 0 Å². The average Bonchev–Trinajstić information content (AvgIpc) is 3.26. The number of piperidine rings is 1. The van der Waals surface area contributed by atoms with Crippen molar-refractivity contribution < 1.29 is 14.3 Å². The second-order valence-electron chi connectivity index (χ2n) is 8.93. The summed E-state index contributed by atoms with van der Waals surface area (Å²) < 4.78 is 5.88. The summed E-state index contributed by atoms with van der Waals surface area (Å²) in [5.41, 5.74) is 2.03. The van der Waals surface area contributed by atoms with Crippen LogP contribution in [0.3, 0.4) is 0 Å². The predicted octanol–water partition coefficient (Wildman–Crippen LogP) is 4.77. The Bertz CT molecular complexity index is 1320. The Balaban J connectivity index is 1.27. The summed E-state index contributed by atoms with van der Waals surface area (Å²) in [5, 5.41) is 10.1. The molecule has 3 atom stereocenters. The van der Waals surface area contributed by atoms with Crippen molar-refractivity contribution in [1.29, 1.82) is 0 Å². The van der Waals surface area contributed by atoms with E-state index in [2.05, 4.69) is 20.9 Å². The van der Waals surface area contributed by atoms with E-state index in [0.717, 1.165) is 36.5 Å². The molecule has 6 rings (SSSR count). The zero-order chi connectivity index (χ0) is 24.6. The zero-order valence-electron chi connectivity index (χ0n) is 19.2. The maximum absolute atomic E-state index is 13.4. The number of para-hydroxylation sites is 1. The van der Waals surface area contributed by atoms with Crippen LogP contribution < -0.4 is 25.6 Å². The molecular weight excluding hydrogens is 498 g/mol. The van der Waals surface area contributed by atoms with Gasteiger partial charge in [-0.05, 0) is 49.7 Å². The van der Waals surface area contributed by atoms with E-state index in [1.54, 1.807) is 30.5 Å². The molecule has 2 unspecified atom stereocenters. The van der Waals surface area contributed by atoms with Crippen molar-refractivity contribution in [2.45, 2.75) is 35.2 Å². The Morgan fingerprint density at radius 3 is 2.78 bits per heavy atom. The number of urea groups is 1. The van der Waals surface area contributed by atoms with Gasteiger partial charge in [-0.1, -0.05) is 41.6 Å². The predicted molar refractivity (Wildman–Crippen MR) is 139 cm³/mol. The highest BCUT2D eigenvalue weighted by Crippen LogP contribution is 2.51. The van der Waals surface area contributed by atoms with Crippen molar-refractivity contribution in [1.82, 2.24) is 20.9 Å². The Hall–Kier alpha value is -3.27. The standard InChI is InChI=1S/C26H24ClN5O3S/c27-18-13-17(35-16-6-2-1-3-7-16)8-9-19(18)32-20-10-12-29-25-21(20)22(31-26(32)34)23(36-25)24(33)30-15-5-4-11-28-14-15/h1-3,6-10,12-13,15,22-23,28H,4-5,11,14H2,(H,30,33)(H,31,34)/t15?,22?,23-/m1/s1. The number of rotatable bonds is 5. The number of anilines is 2. The van der Waals surface area contributed by atoms with Gasteiger partial charge in [0.1, 0.15) is 21.8 Å². The van der Waals surface area contributed by atoms with Gasteiger partial charge in [-0.15, -0.1) is 0 Å². The summed E-state index contributed by atoms with van der Waals surface area (Å²) in [6.45, 7) is 1.73. The molecule has 3 N–H and O–H groups in total. The monoisotopic (exact) mass is 521 g/mol. The fourth-order valence-corrected chi connectivity index (χ4v) is 6.37. The van der Waals surface area contributed by atoms with E-state index in [1.165, 1.54) is 16.7 Å². The number of carbonyl (C=O) groups excluding carboxylic acids is 2. The maximum Gasteiger partial charge on any atom is 0.327 e. The number of amides is 3. The molecule has 1 fully saturated rings. The molecule has 8 nitrogen and oxygen atoms in total. The number of aromatic nitrogens is 1. The number of ether oxygens (including phenoxy) is 1. The van der Waals surface area contributed by atoms with Crippen molar-refractivity contribution >= 4 is 46.7 Å². The SMILES string of the molecule is O=C(NC1CCCNC1)[C@@H]1Sc2nccc3c2C1NC(=O)N3c1ccc(Oc2ccccc2)cc1Cl. The third-order valence-electron chi connectivity index (χ3n) is 6.55. The van der Waals surface area contributed by atoms with Crippen LogP contribution in [-0.4, -0.2) is 41.3 Å². The lowest BCUT2D eigenvalue weighted by atomic mass is 9.99. The van der Waals surface area contributed by atoms with Crippen LogP contribution in [-0.2, 0) is 4.79 Å². The Morgan fingerprint density at radius 1 is 1.14 bits per heavy atom. The fourth-order valence-electron chi connectivity index (χ4n) is 4.88. The first kappa shape index (κ1) is 23.1. The number of nitrogens with zero attached hydrogens (tertiary/aromatic N) is 2. The molecule has 36 heavy (non-hydrogen) atoms. The van der Waals surface area contributed by atoms with Gasteiger partial charge >= 0.3 is 6.03 Å². The smallest absolute Gasteiger partial charge is 0.327 e. The lowest BCUT2D eigenvalue weighted by molar-refractivity contribution is -0.121. The molecule has 0 bridgehead atoms. The largest absolute Gasteiger partial charge is 0.457 e. The van der Waals surface area contributed by atoms with E-state index < -0.39 is 11.3 Å². The minimum absolute atomic E-state index is 0.0863. The number of hydrogen-bond acceptors (Lipinski definition) is 6. The third kappa shape index (κ3) is 4.27. The van der Waals surface area contributed by atoms with Gasteiger partial charge in [-0.3, -0.25) is 9.69 Å². The molecule has 3 aliphatic heterocycles. The first-order valence-corrected chi connectivity index (χ1v) is 13.1. The molecule has 0 saturated carbocycles. The van der Waals surface area contributed by atoms with Crippen molar-refractivity contribution in [3.05, 3.63) is 71.4 Å². The van der Waals surface area contributed by atoms with Gasteiger partial charge < -0.3 is 20.7 Å². The summed E-state index contributed by atoms with van der Waals surface area (Å²) in [5.74, 6) is 1.17. The number of pyridine rings is 1. The van der Waals surface area contributed by atoms with E-state index in [4.69, 9.17) is 16.3 Å². The fraction of sp³-hybridized carbons (Fsp3) is 0.269. The molecular formula is C26H24ClN5O3S. The molecule has 1 aromatic heterocycles. The van der Waals surface area contributed by atoms with Crippen LogP contribution in [0.2, 0.25) is 5.02 Å². The van der Waals surface area contributed by atoms with Gasteiger partial charge in [-0.25, -0.2) is 9.78 Å². The molecule has 0 aliphatic carbocycles. The number of carbonyl (C=O) groups is 2. The summed E-state index contributed by atoms with van der Waals surface area (Å²) >= 11 is 8.04. The third-order valence-corrected chi connectivity index (χ3v) is 8.14. The van der Waals surface area contributed by atoms with Crippen LogP contribution in [0.4, 0.5) is 16.2 Å². The Kier molecular flexibility index (Phi) is 6.20. The molecule has 4 heterocycles. The number of benzene rings is 2. The minimum Gasteiger partial charge on any atom is -0.457 e. The molecule has 0 spiro atoms. The van der Waals surface area contributed by atoms with Crippen LogP contribution in [0, 0.1) is 0 Å². The molecule has 3 aromatic rings. The van der Waals surface area contributed by atoms with Crippen molar-refractivity contribution in [3.8, 4) is 11.5 Å². The first-order valence-electron chi connectivity index (χ1n) is 11.9. The van der Waals surface area contributed by atoms with Crippen molar-refractivity contribution in [3.63, 3.8) is 0 Å². The molecule has 3 aliphatic rings. The van der Waals surface area contributed by atoms with Gasteiger partial charge in [0.15, 0.2) is 0 Å². The lowest BCUT2D eigenvalue weighted by Gasteiger charge is -2.35. The molecule has 1 saturated heterocycles. The van der Waals surface area contributed by atoms with E-state index >= 15 is 0 Å². The average molecular weight is 522 g/mol. The number of thioether (sulfide) groups is 1. The Labute approximate surface area is 217 Å². The second-order valence-corrected chi connectivity index (χ2v) is 10.5. The van der Waals surface area contributed by atoms with E-state index in [9.17, 15) is 9.59 Å². The lowest BCUT2D eigenvalue weighted by Crippen LogP contribution is -2.52. The molecule has 184 valence electrons. The van der Waals surface area contributed by atoms with E-state index in [-0.39, 0.29) is 18.0 Å². The van der Waals surface area contributed by atoms with E-state index in [0.29, 0.717) is 27.9 Å². The summed E-state index contributed by atoms with van der Waals surface area (Å²) in [6, 6.07) is 15.7. The number of halogens is 1. The van der Waals surface area contributed by atoms with Crippen molar-refractivity contribution in [2.75, 3.05) is 18.0 Å². The van der Waals surface area contributed by atoms with Crippen LogP contribution in [0.15, 0.2) is 65.8 Å². The topological polar surface area (TPSA) is 95.6 Å². The maximum atomic E-state index is 13.4. The van der Waals surface area contributed by atoms with Crippen LogP contribution in [0.1, 0.15) is 24.4 Å². The summed E-state index contributed by atoms with van der Waals surface area (Å²) in [6.07, 6.45) is 3.63. The summed E-state index contributed by atoms with van der Waals surface area (Å²) in [4.78, 5) is 32.6.